The van der Waals surface area contributed by atoms with Gasteiger partial charge in [-0.15, -0.1) is 0 Å². The molecule has 0 bridgehead atoms. The van der Waals surface area contributed by atoms with Crippen molar-refractivity contribution in [2.45, 2.75) is 18.0 Å². The highest BCUT2D eigenvalue weighted by atomic mass is 35.5. The molecule has 0 aliphatic rings. The minimum absolute atomic E-state index is 0.145. The molecule has 1 amide bonds. The van der Waals surface area contributed by atoms with Gasteiger partial charge < -0.3 is 5.32 Å². The fourth-order valence-electron chi connectivity index (χ4n) is 2.60. The van der Waals surface area contributed by atoms with Crippen LogP contribution >= 0.6 is 23.5 Å². The molecule has 0 saturated carbocycles. The number of aromatic nitrogens is 1. The molecule has 3 N–H and O–H groups in total. The van der Waals surface area contributed by atoms with Crippen LogP contribution in [-0.2, 0) is 17.9 Å². The average molecular weight is 376 g/mol. The van der Waals surface area contributed by atoms with Crippen molar-refractivity contribution in [3.8, 4) is 0 Å². The van der Waals surface area contributed by atoms with Gasteiger partial charge in [0.25, 0.3) is 0 Å². The lowest BCUT2D eigenvalue weighted by Gasteiger charge is -2.12. The maximum Gasteiger partial charge on any atom is 0.228 e. The van der Waals surface area contributed by atoms with E-state index in [1.54, 1.807) is 36.5 Å². The number of rotatable bonds is 5. The first-order valence-electron chi connectivity index (χ1n) is 7.50. The Morgan fingerprint density at radius 3 is 2.76 bits per heavy atom. The van der Waals surface area contributed by atoms with Crippen LogP contribution in [0.4, 0.5) is 10.1 Å². The molecule has 2 aromatic carbocycles. The summed E-state index contributed by atoms with van der Waals surface area (Å²) in [6.45, 7) is -0.691. The van der Waals surface area contributed by atoms with E-state index in [0.29, 0.717) is 21.8 Å². The number of alkyl halides is 1. The fourth-order valence-corrected chi connectivity index (χ4v) is 3.31. The average Bonchev–Trinajstić information content (AvgIpc) is 2.62. The summed E-state index contributed by atoms with van der Waals surface area (Å²) in [7, 11) is 0. The van der Waals surface area contributed by atoms with Crippen LogP contribution in [0.3, 0.4) is 0 Å². The van der Waals surface area contributed by atoms with Gasteiger partial charge in [-0.05, 0) is 41.8 Å². The molecule has 1 aromatic heterocycles. The molecule has 0 saturated heterocycles. The van der Waals surface area contributed by atoms with Crippen LogP contribution < -0.4 is 10.5 Å². The zero-order valence-electron chi connectivity index (χ0n) is 13.1. The summed E-state index contributed by atoms with van der Waals surface area (Å²) in [5.41, 5.74) is 1.59. The van der Waals surface area contributed by atoms with Gasteiger partial charge in [-0.25, -0.2) is 4.39 Å². The second-order valence-corrected chi connectivity index (χ2v) is 6.48. The Bertz CT molecular complexity index is 935. The standard InChI is InChI=1S/C18H15ClFN3OS/c19-15-4-2-1-3-11(15)7-18(24)23-12-8-14-13(17(9-12)25-21)5-6-22-16(14)10-20/h1-6,8-9H,7,10,21H2,(H,23,24). The molecule has 0 spiro atoms. The zero-order valence-corrected chi connectivity index (χ0v) is 14.7. The van der Waals surface area contributed by atoms with Crippen molar-refractivity contribution in [2.75, 3.05) is 5.32 Å². The number of anilines is 1. The quantitative estimate of drug-likeness (QED) is 0.644. The summed E-state index contributed by atoms with van der Waals surface area (Å²) < 4.78 is 13.2. The first-order chi connectivity index (χ1) is 12.1. The van der Waals surface area contributed by atoms with Crippen LogP contribution in [0, 0.1) is 0 Å². The van der Waals surface area contributed by atoms with E-state index < -0.39 is 6.67 Å². The second-order valence-electron chi connectivity index (χ2n) is 5.39. The molecular weight excluding hydrogens is 361 g/mol. The summed E-state index contributed by atoms with van der Waals surface area (Å²) in [4.78, 5) is 17.1. The van der Waals surface area contributed by atoms with Crippen molar-refractivity contribution >= 4 is 45.9 Å². The van der Waals surface area contributed by atoms with Gasteiger partial charge in [0.05, 0.1) is 12.1 Å². The first kappa shape index (κ1) is 17.7. The summed E-state index contributed by atoms with van der Waals surface area (Å²) >= 11 is 7.13. The Labute approximate surface area is 153 Å². The van der Waals surface area contributed by atoms with Gasteiger partial charge in [0.15, 0.2) is 0 Å². The van der Waals surface area contributed by atoms with Crippen LogP contribution in [0.1, 0.15) is 11.3 Å². The van der Waals surface area contributed by atoms with Crippen molar-refractivity contribution < 1.29 is 9.18 Å². The van der Waals surface area contributed by atoms with Crippen LogP contribution in [0.15, 0.2) is 53.6 Å². The normalized spacial score (nSPS) is 10.8. The lowest BCUT2D eigenvalue weighted by Crippen LogP contribution is -2.14. The topological polar surface area (TPSA) is 68.0 Å². The molecule has 0 unspecified atom stereocenters. The minimum atomic E-state index is -0.691. The van der Waals surface area contributed by atoms with Crippen molar-refractivity contribution in [3.05, 3.63) is 64.9 Å². The van der Waals surface area contributed by atoms with Crippen molar-refractivity contribution in [1.29, 1.82) is 0 Å². The van der Waals surface area contributed by atoms with E-state index in [1.807, 2.05) is 12.1 Å². The number of carbonyl (C=O) groups is 1. The Hall–Kier alpha value is -2.15. The SMILES string of the molecule is NSc1cc(NC(=O)Cc2ccccc2Cl)cc2c(CF)nccc12. The van der Waals surface area contributed by atoms with Crippen LogP contribution in [0.25, 0.3) is 10.8 Å². The molecule has 25 heavy (non-hydrogen) atoms. The van der Waals surface area contributed by atoms with E-state index in [4.69, 9.17) is 16.7 Å². The van der Waals surface area contributed by atoms with Crippen LogP contribution in [0.5, 0.6) is 0 Å². The number of benzene rings is 2. The van der Waals surface area contributed by atoms with E-state index in [2.05, 4.69) is 10.3 Å². The van der Waals surface area contributed by atoms with E-state index >= 15 is 0 Å². The number of carbonyl (C=O) groups excluding carboxylic acids is 1. The molecule has 4 nitrogen and oxygen atoms in total. The first-order valence-corrected chi connectivity index (χ1v) is 8.75. The van der Waals surface area contributed by atoms with Gasteiger partial charge in [-0.3, -0.25) is 14.9 Å². The van der Waals surface area contributed by atoms with Crippen LogP contribution in [0.2, 0.25) is 5.02 Å². The van der Waals surface area contributed by atoms with E-state index in [0.717, 1.165) is 27.8 Å². The van der Waals surface area contributed by atoms with Gasteiger partial charge >= 0.3 is 0 Å². The van der Waals surface area contributed by atoms with Gasteiger partial charge in [-0.1, -0.05) is 29.8 Å². The number of halogens is 2. The molecule has 7 heteroatoms. The molecule has 3 rings (SSSR count). The number of amides is 1. The molecular formula is C18H15ClFN3OS. The predicted octanol–water partition coefficient (Wildman–Crippen LogP) is 4.50. The fraction of sp³-hybridized carbons (Fsp3) is 0.111. The third-order valence-corrected chi connectivity index (χ3v) is 4.73. The molecule has 0 aliphatic heterocycles. The number of hydrogen-bond acceptors (Lipinski definition) is 4. The van der Waals surface area contributed by atoms with Gasteiger partial charge in [0.1, 0.15) is 6.67 Å². The zero-order chi connectivity index (χ0) is 17.8. The van der Waals surface area contributed by atoms with Gasteiger partial charge in [0, 0.05) is 32.6 Å². The number of hydrogen-bond donors (Lipinski definition) is 2. The molecule has 0 aliphatic carbocycles. The lowest BCUT2D eigenvalue weighted by atomic mass is 10.1. The molecule has 128 valence electrons. The van der Waals surface area contributed by atoms with Gasteiger partial charge in [0.2, 0.25) is 5.91 Å². The van der Waals surface area contributed by atoms with E-state index in [-0.39, 0.29) is 12.3 Å². The summed E-state index contributed by atoms with van der Waals surface area (Å²) in [6, 6.07) is 12.4. The Balaban J connectivity index is 1.91. The number of nitrogens with one attached hydrogen (secondary N) is 1. The Morgan fingerprint density at radius 2 is 2.04 bits per heavy atom. The monoisotopic (exact) mass is 375 g/mol. The minimum Gasteiger partial charge on any atom is -0.326 e. The van der Waals surface area contributed by atoms with Gasteiger partial charge in [-0.2, -0.15) is 0 Å². The molecule has 1 heterocycles. The number of nitrogens with two attached hydrogens (primary N) is 1. The summed E-state index contributed by atoms with van der Waals surface area (Å²) in [5, 5.41) is 10.5. The van der Waals surface area contributed by atoms with E-state index in [1.165, 1.54) is 0 Å². The van der Waals surface area contributed by atoms with Crippen molar-refractivity contribution in [1.82, 2.24) is 4.98 Å². The third kappa shape index (κ3) is 3.92. The van der Waals surface area contributed by atoms with Crippen LogP contribution in [-0.4, -0.2) is 10.9 Å². The second kappa shape index (κ2) is 7.82. The highest BCUT2D eigenvalue weighted by molar-refractivity contribution is 7.97. The smallest absolute Gasteiger partial charge is 0.228 e. The lowest BCUT2D eigenvalue weighted by molar-refractivity contribution is -0.115. The molecule has 3 aromatic rings. The molecule has 0 radical (unpaired) electrons. The number of nitrogens with zero attached hydrogens (tertiary/aromatic N) is 1. The third-order valence-electron chi connectivity index (χ3n) is 3.77. The number of fused-ring (bicyclic) bond motifs is 1. The predicted molar refractivity (Wildman–Crippen MR) is 100 cm³/mol. The summed E-state index contributed by atoms with van der Waals surface area (Å²) in [5.74, 6) is -0.217. The maximum absolute atomic E-state index is 13.2. The van der Waals surface area contributed by atoms with E-state index in [9.17, 15) is 9.18 Å². The maximum atomic E-state index is 13.2. The highest BCUT2D eigenvalue weighted by Gasteiger charge is 2.12. The Kier molecular flexibility index (Phi) is 5.53. The number of pyridine rings is 1. The van der Waals surface area contributed by atoms with Crippen molar-refractivity contribution in [2.24, 2.45) is 5.14 Å². The summed E-state index contributed by atoms with van der Waals surface area (Å²) in [6.07, 6.45) is 1.69. The Morgan fingerprint density at radius 1 is 1.24 bits per heavy atom. The molecule has 0 fully saturated rings. The largest absolute Gasteiger partial charge is 0.326 e. The highest BCUT2D eigenvalue weighted by Crippen LogP contribution is 2.31. The molecule has 0 atom stereocenters. The van der Waals surface area contributed by atoms with Crippen molar-refractivity contribution in [3.63, 3.8) is 0 Å².